The van der Waals surface area contributed by atoms with Gasteiger partial charge in [0.25, 0.3) is 17.7 Å². The topological polar surface area (TPSA) is 310 Å². The summed E-state index contributed by atoms with van der Waals surface area (Å²) < 4.78 is 1.59. The molecule has 0 aliphatic heterocycles. The zero-order valence-electron chi connectivity index (χ0n) is 30.6. The van der Waals surface area contributed by atoms with Crippen molar-refractivity contribution in [1.82, 2.24) is 21.3 Å². The molecule has 0 aromatic heterocycles. The number of rotatable bonds is 16. The number of aliphatic hydroxyl groups is 6. The van der Waals surface area contributed by atoms with Crippen LogP contribution in [0.25, 0.3) is 0 Å². The van der Waals surface area contributed by atoms with Gasteiger partial charge in [-0.15, -0.1) is 0 Å². The normalized spacial score (nSPS) is 12.7. The molecule has 0 radical (unpaired) electrons. The fraction of sp³-hybridized carbons (Fsp3) is 0.419. The first-order chi connectivity index (χ1) is 26.1. The first-order valence-corrected chi connectivity index (χ1v) is 22.1. The number of benzene rings is 2. The summed E-state index contributed by atoms with van der Waals surface area (Å²) in [7, 11) is 4.53. The number of carbonyl (C=O) groups is 6. The number of carboxylic acid groups (broad SMARTS) is 1. The fourth-order valence-corrected chi connectivity index (χ4v) is 13.6. The third-order valence-electron chi connectivity index (χ3n) is 7.34. The van der Waals surface area contributed by atoms with Crippen molar-refractivity contribution in [2.45, 2.75) is 31.3 Å². The number of amides is 5. The molecule has 4 atom stereocenters. The van der Waals surface area contributed by atoms with Gasteiger partial charge in [0.1, 0.15) is 18.3 Å². The van der Waals surface area contributed by atoms with Gasteiger partial charge in [0, 0.05) is 50.4 Å². The van der Waals surface area contributed by atoms with Crippen LogP contribution in [0, 0.1) is 21.4 Å². The van der Waals surface area contributed by atoms with Gasteiger partial charge in [-0.05, 0) is 143 Å². The molecular formula is C31H37I6N6NaO13. The molecule has 5 amide bonds. The summed E-state index contributed by atoms with van der Waals surface area (Å²) in [6, 6.07) is 0. The molecule has 2 aromatic rings. The second-order valence-electron chi connectivity index (χ2n) is 11.1. The van der Waals surface area contributed by atoms with Gasteiger partial charge in [0.2, 0.25) is 11.8 Å². The van der Waals surface area contributed by atoms with Crippen molar-refractivity contribution in [3.05, 3.63) is 43.7 Å². The van der Waals surface area contributed by atoms with Gasteiger partial charge in [-0.2, -0.15) is 0 Å². The van der Waals surface area contributed by atoms with E-state index in [9.17, 15) is 39.0 Å². The van der Waals surface area contributed by atoms with E-state index < -0.39 is 67.2 Å². The van der Waals surface area contributed by atoms with Gasteiger partial charge < -0.3 is 72.0 Å². The number of anilines is 2. The third kappa shape index (κ3) is 15.3. The maximum absolute atomic E-state index is 13.4. The molecule has 0 aliphatic rings. The summed E-state index contributed by atoms with van der Waals surface area (Å²) in [6.45, 7) is -0.201. The molecule has 0 fully saturated rings. The zero-order chi connectivity index (χ0) is 43.4. The number of carboxylic acids is 1. The molecule has 0 saturated carbocycles. The Morgan fingerprint density at radius 1 is 0.702 bits per heavy atom. The Hall–Kier alpha value is 0.360. The Kier molecular flexibility index (Phi) is 27.6. The van der Waals surface area contributed by atoms with Crippen molar-refractivity contribution in [2.24, 2.45) is 0 Å². The molecule has 57 heavy (non-hydrogen) atoms. The summed E-state index contributed by atoms with van der Waals surface area (Å²) in [5.74, 6) is -4.46. The van der Waals surface area contributed by atoms with Gasteiger partial charge in [-0.1, -0.05) is 0 Å². The van der Waals surface area contributed by atoms with E-state index in [4.69, 9.17) is 25.5 Å². The monoisotopic (exact) mass is 1490 g/mol. The Morgan fingerprint density at radius 3 is 1.61 bits per heavy atom. The van der Waals surface area contributed by atoms with Crippen molar-refractivity contribution in [3.8, 4) is 0 Å². The smallest absolute Gasteiger partial charge is 0.545 e. The second-order valence-corrected chi connectivity index (χ2v) is 17.6. The number of halogens is 6. The summed E-state index contributed by atoms with van der Waals surface area (Å²) in [5.41, 5.74) is 0.317. The van der Waals surface area contributed by atoms with Crippen LogP contribution in [0.4, 0.5) is 11.4 Å². The third-order valence-corrected chi connectivity index (χ3v) is 13.8. The van der Waals surface area contributed by atoms with Crippen LogP contribution in [-0.4, -0.2) is 145 Å². The Labute approximate surface area is 430 Å². The molecule has 2 rings (SSSR count). The molecule has 0 heterocycles. The molecule has 19 nitrogen and oxygen atoms in total. The number of hydrogen-bond acceptors (Lipinski definition) is 14. The van der Waals surface area contributed by atoms with Crippen LogP contribution in [0.2, 0.25) is 0 Å². The minimum absolute atomic E-state index is 0. The molecule has 0 spiro atoms. The van der Waals surface area contributed by atoms with E-state index in [1.165, 1.54) is 25.9 Å². The van der Waals surface area contributed by atoms with Crippen molar-refractivity contribution in [3.63, 3.8) is 0 Å². The molecule has 312 valence electrons. The van der Waals surface area contributed by atoms with Crippen LogP contribution < -0.4 is 66.1 Å². The SMILES string of the molecule is CNC(=O)c1c(I)c(C(=O)NCC(=O)Nc2c(I)c(C(=O)[O-])c(I)c(C(=O)NCCO)c2I)c(I)c(N(C)C(C)=O)c1I.CNC[C@H](O)[C@@H](O)[C@H](O)[C@H](O)CO.[Na+]. The average Bonchev–Trinajstić information content (AvgIpc) is 3.13. The number of nitrogens with one attached hydrogen (secondary N) is 5. The van der Waals surface area contributed by atoms with Gasteiger partial charge >= 0.3 is 29.6 Å². The molecule has 26 heteroatoms. The standard InChI is InChI=1S/C24H21I6N5O8.C7H17NO5.Na/c1-7(37)35(3)20-17(29)10(21(39)31-2)13(25)11(18(20)30)23(41)33-6-8(38)34-19-15(27)9(22(40)32-4-5-36)14(26)12(16(19)28)24(42)43;1-8-2-4(10)6(12)7(13)5(11)3-9;/h36H,4-6H2,1-3H3,(H,31,39)(H,32,40)(H,33,41)(H,34,38)(H,42,43);4-13H,2-3H2,1H3;/q;;+1/p-1/t;4-,5+,6+,7+;/m.0./s1. The number of likely N-dealkylation sites (N-methyl/N-ethyl adjacent to an activating group) is 1. The number of aromatic carboxylic acids is 1. The summed E-state index contributed by atoms with van der Waals surface area (Å²) in [4.78, 5) is 77.4. The molecule has 0 aliphatic carbocycles. The molecular weight excluding hydrogens is 1450 g/mol. The van der Waals surface area contributed by atoms with Gasteiger partial charge in [-0.3, -0.25) is 24.0 Å². The van der Waals surface area contributed by atoms with Crippen LogP contribution >= 0.6 is 136 Å². The number of carbonyl (C=O) groups excluding carboxylic acids is 6. The fourth-order valence-electron chi connectivity index (χ4n) is 4.36. The summed E-state index contributed by atoms with van der Waals surface area (Å²) in [5, 5.41) is 78.6. The molecule has 0 unspecified atom stereocenters. The van der Waals surface area contributed by atoms with E-state index >= 15 is 0 Å². The Balaban J connectivity index is 0.00000191. The summed E-state index contributed by atoms with van der Waals surface area (Å²) >= 11 is 11.0. The quantitative estimate of drug-likeness (QED) is 0.0561. The van der Waals surface area contributed by atoms with Crippen molar-refractivity contribution < 1.29 is 94.1 Å². The van der Waals surface area contributed by atoms with E-state index in [-0.39, 0.29) is 93.8 Å². The Morgan fingerprint density at radius 2 is 1.16 bits per heavy atom. The van der Waals surface area contributed by atoms with Crippen LogP contribution in [0.1, 0.15) is 48.4 Å². The predicted octanol–water partition coefficient (Wildman–Crippen LogP) is -4.24. The molecule has 11 N–H and O–H groups in total. The number of aliphatic hydroxyl groups excluding tert-OH is 6. The van der Waals surface area contributed by atoms with E-state index in [1.807, 2.05) is 67.8 Å². The first-order valence-electron chi connectivity index (χ1n) is 15.6. The molecule has 2 aromatic carbocycles. The molecule has 0 saturated heterocycles. The van der Waals surface area contributed by atoms with E-state index in [2.05, 4.69) is 26.6 Å². The van der Waals surface area contributed by atoms with Gasteiger partial charge in [0.15, 0.2) is 0 Å². The van der Waals surface area contributed by atoms with Crippen LogP contribution in [0.5, 0.6) is 0 Å². The van der Waals surface area contributed by atoms with Gasteiger partial charge in [-0.25, -0.2) is 0 Å². The number of nitrogens with zero attached hydrogens (tertiary/aromatic N) is 1. The predicted molar refractivity (Wildman–Crippen MR) is 251 cm³/mol. The average molecular weight is 1490 g/mol. The van der Waals surface area contributed by atoms with Gasteiger partial charge in [0.05, 0.1) is 70.6 Å². The largest absolute Gasteiger partial charge is 1.00 e. The van der Waals surface area contributed by atoms with E-state index in [0.717, 1.165) is 0 Å². The maximum atomic E-state index is 13.4. The van der Waals surface area contributed by atoms with Crippen molar-refractivity contribution in [1.29, 1.82) is 0 Å². The summed E-state index contributed by atoms with van der Waals surface area (Å²) in [6.07, 6.45) is -5.65. The Bertz CT molecular complexity index is 1830. The second kappa shape index (κ2) is 27.4. The maximum Gasteiger partial charge on any atom is 1.00 e. The number of hydrogen-bond donors (Lipinski definition) is 11. The van der Waals surface area contributed by atoms with Crippen LogP contribution in [-0.2, 0) is 9.59 Å². The first kappa shape index (κ1) is 57.4. The van der Waals surface area contributed by atoms with Crippen molar-refractivity contribution in [2.75, 3.05) is 64.2 Å². The van der Waals surface area contributed by atoms with E-state index in [1.54, 1.807) is 74.8 Å². The zero-order valence-corrected chi connectivity index (χ0v) is 45.5. The van der Waals surface area contributed by atoms with E-state index in [0.29, 0.717) is 16.4 Å². The van der Waals surface area contributed by atoms with Crippen molar-refractivity contribution >= 4 is 182 Å². The van der Waals surface area contributed by atoms with Crippen LogP contribution in [0.3, 0.4) is 0 Å². The minimum atomic E-state index is -1.56. The minimum Gasteiger partial charge on any atom is -0.545 e. The van der Waals surface area contributed by atoms with Crippen LogP contribution in [0.15, 0.2) is 0 Å². The molecule has 0 bridgehead atoms.